The van der Waals surface area contributed by atoms with Gasteiger partial charge in [-0.05, 0) is 30.2 Å². The average molecular weight is 373 g/mol. The van der Waals surface area contributed by atoms with Crippen molar-refractivity contribution in [1.82, 2.24) is 0 Å². The van der Waals surface area contributed by atoms with E-state index in [4.69, 9.17) is 14.2 Å². The molecule has 0 saturated heterocycles. The SMILES string of the molecule is COc1ccc(OC)c(NC(=O)COc2ccc(F)c3c2C(=O)CC3C)c1. The molecule has 7 heteroatoms. The lowest BCUT2D eigenvalue weighted by Gasteiger charge is -2.14. The lowest BCUT2D eigenvalue weighted by molar-refractivity contribution is -0.118. The summed E-state index contributed by atoms with van der Waals surface area (Å²) in [6, 6.07) is 7.63. The van der Waals surface area contributed by atoms with Crippen molar-refractivity contribution in [2.24, 2.45) is 0 Å². The third kappa shape index (κ3) is 3.72. The fourth-order valence-corrected chi connectivity index (χ4v) is 3.19. The maximum atomic E-state index is 14.0. The molecule has 1 aliphatic rings. The van der Waals surface area contributed by atoms with Crippen LogP contribution in [0.4, 0.5) is 10.1 Å². The van der Waals surface area contributed by atoms with E-state index in [2.05, 4.69) is 5.32 Å². The van der Waals surface area contributed by atoms with Crippen LogP contribution in [0.5, 0.6) is 17.2 Å². The van der Waals surface area contributed by atoms with E-state index < -0.39 is 11.7 Å². The summed E-state index contributed by atoms with van der Waals surface area (Å²) in [6.45, 7) is 1.46. The normalized spacial score (nSPS) is 15.3. The van der Waals surface area contributed by atoms with Gasteiger partial charge in [-0.1, -0.05) is 6.92 Å². The van der Waals surface area contributed by atoms with Gasteiger partial charge in [-0.25, -0.2) is 4.39 Å². The second-order valence-corrected chi connectivity index (χ2v) is 6.27. The highest BCUT2D eigenvalue weighted by Crippen LogP contribution is 2.39. The fourth-order valence-electron chi connectivity index (χ4n) is 3.19. The molecule has 0 aromatic heterocycles. The Labute approximate surface area is 156 Å². The van der Waals surface area contributed by atoms with Crippen LogP contribution in [0, 0.1) is 5.82 Å². The number of anilines is 1. The number of carbonyl (C=O) groups excluding carboxylic acids is 2. The maximum Gasteiger partial charge on any atom is 0.262 e. The number of hydrogen-bond acceptors (Lipinski definition) is 5. The van der Waals surface area contributed by atoms with Gasteiger partial charge < -0.3 is 19.5 Å². The average Bonchev–Trinajstić information content (AvgIpc) is 2.96. The number of hydrogen-bond donors (Lipinski definition) is 1. The summed E-state index contributed by atoms with van der Waals surface area (Å²) in [4.78, 5) is 24.4. The zero-order chi connectivity index (χ0) is 19.6. The van der Waals surface area contributed by atoms with Gasteiger partial charge in [-0.15, -0.1) is 0 Å². The summed E-state index contributed by atoms with van der Waals surface area (Å²) < 4.78 is 29.9. The standard InChI is InChI=1S/C20H20FNO5/c1-11-8-15(23)20-17(7-5-13(21)19(11)20)27-10-18(24)22-14-9-12(25-2)4-6-16(14)26-3/h4-7,9,11H,8,10H2,1-3H3,(H,22,24). The quantitative estimate of drug-likeness (QED) is 0.838. The number of halogens is 1. The maximum absolute atomic E-state index is 14.0. The predicted octanol–water partition coefficient (Wildman–Crippen LogP) is 3.55. The molecule has 0 saturated carbocycles. The Kier molecular flexibility index (Phi) is 5.30. The molecule has 1 amide bonds. The van der Waals surface area contributed by atoms with Crippen LogP contribution in [0.1, 0.15) is 35.2 Å². The van der Waals surface area contributed by atoms with Crippen LogP contribution < -0.4 is 19.5 Å². The molecule has 2 aromatic rings. The van der Waals surface area contributed by atoms with Crippen molar-refractivity contribution in [2.75, 3.05) is 26.1 Å². The van der Waals surface area contributed by atoms with E-state index in [1.54, 1.807) is 25.1 Å². The Morgan fingerprint density at radius 3 is 2.63 bits per heavy atom. The summed E-state index contributed by atoms with van der Waals surface area (Å²) >= 11 is 0. The van der Waals surface area contributed by atoms with Gasteiger partial charge in [0, 0.05) is 18.1 Å². The molecule has 0 fully saturated rings. The third-order valence-electron chi connectivity index (χ3n) is 4.46. The molecule has 142 valence electrons. The van der Waals surface area contributed by atoms with Gasteiger partial charge in [0.05, 0.1) is 25.5 Å². The van der Waals surface area contributed by atoms with Crippen molar-refractivity contribution >= 4 is 17.4 Å². The highest BCUT2D eigenvalue weighted by Gasteiger charge is 2.32. The molecular formula is C20H20FNO5. The summed E-state index contributed by atoms with van der Waals surface area (Å²) in [5, 5.41) is 2.68. The van der Waals surface area contributed by atoms with Gasteiger partial charge in [0.15, 0.2) is 12.4 Å². The summed E-state index contributed by atoms with van der Waals surface area (Å²) in [5.74, 6) is -0.0144. The van der Waals surface area contributed by atoms with Gasteiger partial charge in [0.25, 0.3) is 5.91 Å². The number of amides is 1. The van der Waals surface area contributed by atoms with Crippen molar-refractivity contribution in [3.63, 3.8) is 0 Å². The Balaban J connectivity index is 1.74. The van der Waals surface area contributed by atoms with Gasteiger partial charge in [-0.2, -0.15) is 0 Å². The molecule has 27 heavy (non-hydrogen) atoms. The lowest BCUT2D eigenvalue weighted by Crippen LogP contribution is -2.21. The van der Waals surface area contributed by atoms with Crippen LogP contribution in [0.25, 0.3) is 0 Å². The first-order chi connectivity index (χ1) is 12.9. The molecule has 1 aliphatic carbocycles. The number of Topliss-reactive ketones (excluding diaryl/α,β-unsaturated/α-hetero) is 1. The highest BCUT2D eigenvalue weighted by atomic mass is 19.1. The molecule has 3 rings (SSSR count). The number of ketones is 1. The first-order valence-corrected chi connectivity index (χ1v) is 8.44. The van der Waals surface area contributed by atoms with Gasteiger partial charge >= 0.3 is 0 Å². The summed E-state index contributed by atoms with van der Waals surface area (Å²) in [6.07, 6.45) is 0.236. The van der Waals surface area contributed by atoms with Crippen LogP contribution >= 0.6 is 0 Å². The zero-order valence-electron chi connectivity index (χ0n) is 15.3. The molecule has 0 heterocycles. The van der Waals surface area contributed by atoms with Crippen molar-refractivity contribution in [1.29, 1.82) is 0 Å². The van der Waals surface area contributed by atoms with Crippen LogP contribution in [-0.4, -0.2) is 32.5 Å². The summed E-state index contributed by atoms with van der Waals surface area (Å²) in [5.41, 5.74) is 1.01. The van der Waals surface area contributed by atoms with E-state index in [0.29, 0.717) is 22.7 Å². The molecule has 1 atom stereocenters. The number of fused-ring (bicyclic) bond motifs is 1. The van der Waals surface area contributed by atoms with Crippen LogP contribution in [0.15, 0.2) is 30.3 Å². The van der Waals surface area contributed by atoms with E-state index in [0.717, 1.165) is 0 Å². The number of nitrogens with one attached hydrogen (secondary N) is 1. The minimum Gasteiger partial charge on any atom is -0.497 e. The van der Waals surface area contributed by atoms with E-state index in [-0.39, 0.29) is 36.0 Å². The van der Waals surface area contributed by atoms with E-state index in [9.17, 15) is 14.0 Å². The molecule has 0 bridgehead atoms. The molecule has 2 aromatic carbocycles. The third-order valence-corrected chi connectivity index (χ3v) is 4.46. The number of rotatable bonds is 6. The first kappa shape index (κ1) is 18.7. The van der Waals surface area contributed by atoms with Gasteiger partial charge in [0.2, 0.25) is 0 Å². The first-order valence-electron chi connectivity index (χ1n) is 8.44. The topological polar surface area (TPSA) is 73.9 Å². The van der Waals surface area contributed by atoms with Crippen LogP contribution in [0.3, 0.4) is 0 Å². The van der Waals surface area contributed by atoms with Gasteiger partial charge in [-0.3, -0.25) is 9.59 Å². The molecule has 1 unspecified atom stereocenters. The van der Waals surface area contributed by atoms with Crippen molar-refractivity contribution in [3.05, 3.63) is 47.3 Å². The monoisotopic (exact) mass is 373 g/mol. The molecule has 0 radical (unpaired) electrons. The molecule has 0 aliphatic heterocycles. The number of carbonyl (C=O) groups is 2. The van der Waals surface area contributed by atoms with Gasteiger partial charge in [0.1, 0.15) is 23.1 Å². The highest BCUT2D eigenvalue weighted by molar-refractivity contribution is 6.04. The van der Waals surface area contributed by atoms with Crippen molar-refractivity contribution < 1.29 is 28.2 Å². The minimum atomic E-state index is -0.446. The number of methoxy groups -OCH3 is 2. The lowest BCUT2D eigenvalue weighted by atomic mass is 10.0. The van der Waals surface area contributed by atoms with Crippen LogP contribution in [0.2, 0.25) is 0 Å². The zero-order valence-corrected chi connectivity index (χ0v) is 15.3. The Bertz CT molecular complexity index is 896. The largest absolute Gasteiger partial charge is 0.497 e. The molecule has 1 N–H and O–H groups in total. The van der Waals surface area contributed by atoms with E-state index in [1.165, 1.54) is 26.4 Å². The summed E-state index contributed by atoms with van der Waals surface area (Å²) in [7, 11) is 3.01. The Hall–Kier alpha value is -3.09. The molecule has 6 nitrogen and oxygen atoms in total. The second kappa shape index (κ2) is 7.65. The second-order valence-electron chi connectivity index (χ2n) is 6.27. The Morgan fingerprint density at radius 2 is 1.93 bits per heavy atom. The van der Waals surface area contributed by atoms with Crippen LogP contribution in [-0.2, 0) is 4.79 Å². The minimum absolute atomic E-state index is 0.179. The smallest absolute Gasteiger partial charge is 0.262 e. The predicted molar refractivity (Wildman–Crippen MR) is 97.4 cm³/mol. The van der Waals surface area contributed by atoms with E-state index >= 15 is 0 Å². The molecular weight excluding hydrogens is 353 g/mol. The molecule has 0 spiro atoms. The van der Waals surface area contributed by atoms with Crippen molar-refractivity contribution in [2.45, 2.75) is 19.3 Å². The Morgan fingerprint density at radius 1 is 1.19 bits per heavy atom. The van der Waals surface area contributed by atoms with Crippen molar-refractivity contribution in [3.8, 4) is 17.2 Å². The fraction of sp³-hybridized carbons (Fsp3) is 0.300. The van der Waals surface area contributed by atoms with E-state index in [1.807, 2.05) is 0 Å². The number of benzene rings is 2. The number of ether oxygens (including phenoxy) is 3.